The summed E-state index contributed by atoms with van der Waals surface area (Å²) in [4.78, 5) is 20.2. The number of cyclic esters (lactones) is 2. The molecule has 0 spiro atoms. The van der Waals surface area contributed by atoms with Crippen molar-refractivity contribution in [2.24, 2.45) is 0 Å². The Morgan fingerprint density at radius 3 is 2.56 bits per heavy atom. The molecule has 2 unspecified atom stereocenters. The normalized spacial score (nSPS) is 26.6. The average molecular weight is 229 g/mol. The molecule has 1 heterocycles. The van der Waals surface area contributed by atoms with Gasteiger partial charge in [-0.3, -0.25) is 0 Å². The van der Waals surface area contributed by atoms with E-state index in [1.54, 1.807) is 13.8 Å². The number of carbonyl (C=O) groups is 1. The highest BCUT2D eigenvalue weighted by Crippen LogP contribution is 2.28. The molecular formula is C9H14BO6. The first kappa shape index (κ1) is 13.0. The molecule has 1 aliphatic heterocycles. The SMILES string of the molecule is C=C1OC(=O)OC1(C)[B]C(O)OOC(C)C. The summed E-state index contributed by atoms with van der Waals surface area (Å²) in [6.45, 7) is 8.50. The molecular weight excluding hydrogens is 215 g/mol. The Kier molecular flexibility index (Phi) is 3.95. The van der Waals surface area contributed by atoms with Gasteiger partial charge in [-0.1, -0.05) is 6.58 Å². The van der Waals surface area contributed by atoms with E-state index in [4.69, 9.17) is 9.62 Å². The number of aliphatic hydroxyl groups is 1. The van der Waals surface area contributed by atoms with Crippen LogP contribution in [0.25, 0.3) is 0 Å². The number of hydrogen-bond acceptors (Lipinski definition) is 6. The molecule has 0 aromatic carbocycles. The summed E-state index contributed by atoms with van der Waals surface area (Å²) in [7, 11) is 1.21. The maximum atomic E-state index is 10.8. The lowest BCUT2D eigenvalue weighted by Gasteiger charge is -2.22. The average Bonchev–Trinajstić information content (AvgIpc) is 2.37. The zero-order valence-electron chi connectivity index (χ0n) is 9.43. The van der Waals surface area contributed by atoms with Crippen molar-refractivity contribution < 1.29 is 29.1 Å². The summed E-state index contributed by atoms with van der Waals surface area (Å²) in [5, 5.41) is 9.44. The second kappa shape index (κ2) is 4.86. The summed E-state index contributed by atoms with van der Waals surface area (Å²) < 4.78 is 9.44. The maximum absolute atomic E-state index is 10.8. The van der Waals surface area contributed by atoms with Crippen LogP contribution in [0.5, 0.6) is 0 Å². The molecule has 0 bridgehead atoms. The lowest BCUT2D eigenvalue weighted by atomic mass is 9.60. The molecule has 2 atom stereocenters. The molecule has 0 aromatic rings. The van der Waals surface area contributed by atoms with E-state index in [1.165, 1.54) is 14.2 Å². The van der Waals surface area contributed by atoms with Gasteiger partial charge in [-0.15, -0.1) is 0 Å². The number of carbonyl (C=O) groups excluding carboxylic acids is 1. The topological polar surface area (TPSA) is 74.2 Å². The van der Waals surface area contributed by atoms with E-state index in [0.717, 1.165) is 0 Å². The molecule has 1 rings (SSSR count). The van der Waals surface area contributed by atoms with E-state index >= 15 is 0 Å². The van der Waals surface area contributed by atoms with Gasteiger partial charge >= 0.3 is 6.16 Å². The smallest absolute Gasteiger partial charge is 0.429 e. The van der Waals surface area contributed by atoms with Gasteiger partial charge in [0.1, 0.15) is 11.3 Å². The lowest BCUT2D eigenvalue weighted by Crippen LogP contribution is -2.42. The van der Waals surface area contributed by atoms with Crippen molar-refractivity contribution in [3.8, 4) is 0 Å². The maximum Gasteiger partial charge on any atom is 0.513 e. The van der Waals surface area contributed by atoms with Gasteiger partial charge in [0.2, 0.25) is 0 Å². The highest BCUT2D eigenvalue weighted by Gasteiger charge is 2.45. The van der Waals surface area contributed by atoms with Gasteiger partial charge in [-0.05, 0) is 20.8 Å². The van der Waals surface area contributed by atoms with Crippen LogP contribution in [0.2, 0.25) is 0 Å². The van der Waals surface area contributed by atoms with E-state index in [-0.39, 0.29) is 11.9 Å². The van der Waals surface area contributed by atoms with E-state index in [0.29, 0.717) is 0 Å². The van der Waals surface area contributed by atoms with E-state index in [2.05, 4.69) is 16.2 Å². The van der Waals surface area contributed by atoms with Gasteiger partial charge in [0.05, 0.1) is 6.10 Å². The zero-order valence-corrected chi connectivity index (χ0v) is 9.43. The second-order valence-electron chi connectivity index (χ2n) is 3.78. The molecule has 1 radical (unpaired) electrons. The van der Waals surface area contributed by atoms with Crippen LogP contribution in [0.1, 0.15) is 20.8 Å². The van der Waals surface area contributed by atoms with Crippen LogP contribution in [-0.2, 0) is 19.2 Å². The van der Waals surface area contributed by atoms with E-state index in [1.807, 2.05) is 0 Å². The Morgan fingerprint density at radius 2 is 2.12 bits per heavy atom. The molecule has 89 valence electrons. The van der Waals surface area contributed by atoms with Crippen molar-refractivity contribution in [1.82, 2.24) is 0 Å². The van der Waals surface area contributed by atoms with Crippen LogP contribution in [0.3, 0.4) is 0 Å². The highest BCUT2D eigenvalue weighted by molar-refractivity contribution is 6.42. The van der Waals surface area contributed by atoms with E-state index in [9.17, 15) is 9.90 Å². The minimum Gasteiger partial charge on any atom is -0.429 e. The molecule has 0 aliphatic carbocycles. The van der Waals surface area contributed by atoms with Crippen molar-refractivity contribution in [1.29, 1.82) is 0 Å². The van der Waals surface area contributed by atoms with Crippen LogP contribution in [0, 0.1) is 0 Å². The van der Waals surface area contributed by atoms with Crippen molar-refractivity contribution in [2.75, 3.05) is 0 Å². The summed E-state index contributed by atoms with van der Waals surface area (Å²) in [6.07, 6.45) is -2.40. The van der Waals surface area contributed by atoms with Crippen molar-refractivity contribution >= 4 is 13.4 Å². The Bertz CT molecular complexity index is 292. The Labute approximate surface area is 94.3 Å². The van der Waals surface area contributed by atoms with Gasteiger partial charge in [-0.2, -0.15) is 0 Å². The third-order valence-corrected chi connectivity index (χ3v) is 1.86. The minimum absolute atomic E-state index is 0.0877. The fourth-order valence-corrected chi connectivity index (χ4v) is 1.05. The molecule has 0 amide bonds. The first-order valence-corrected chi connectivity index (χ1v) is 4.80. The number of aliphatic hydroxyl groups excluding tert-OH is 1. The van der Waals surface area contributed by atoms with Crippen molar-refractivity contribution in [2.45, 2.75) is 38.6 Å². The third-order valence-electron chi connectivity index (χ3n) is 1.86. The highest BCUT2D eigenvalue weighted by atomic mass is 17.2. The third kappa shape index (κ3) is 3.23. The molecule has 7 heteroatoms. The molecule has 1 saturated heterocycles. The van der Waals surface area contributed by atoms with Crippen LogP contribution < -0.4 is 0 Å². The Balaban J connectivity index is 2.46. The van der Waals surface area contributed by atoms with Gasteiger partial charge in [0.15, 0.2) is 6.19 Å². The summed E-state index contributed by atoms with van der Waals surface area (Å²) in [6, 6.07) is 0. The molecule has 6 nitrogen and oxygen atoms in total. The van der Waals surface area contributed by atoms with Crippen LogP contribution >= 0.6 is 0 Å². The number of ether oxygens (including phenoxy) is 2. The fourth-order valence-electron chi connectivity index (χ4n) is 1.05. The number of rotatable bonds is 5. The quantitative estimate of drug-likeness (QED) is 0.246. The molecule has 1 N–H and O–H groups in total. The molecule has 1 aliphatic rings. The van der Waals surface area contributed by atoms with Crippen molar-refractivity contribution in [3.05, 3.63) is 12.3 Å². The fraction of sp³-hybridized carbons (Fsp3) is 0.667. The van der Waals surface area contributed by atoms with Crippen LogP contribution in [0.15, 0.2) is 12.3 Å². The van der Waals surface area contributed by atoms with Crippen LogP contribution in [0.4, 0.5) is 4.79 Å². The Morgan fingerprint density at radius 1 is 1.50 bits per heavy atom. The van der Waals surface area contributed by atoms with Crippen LogP contribution in [-0.4, -0.2) is 36.3 Å². The molecule has 0 saturated carbocycles. The first-order chi connectivity index (χ1) is 7.33. The lowest BCUT2D eigenvalue weighted by molar-refractivity contribution is -0.364. The number of hydrogen-bond donors (Lipinski definition) is 1. The zero-order chi connectivity index (χ0) is 12.3. The van der Waals surface area contributed by atoms with Gasteiger partial charge < -0.3 is 14.6 Å². The van der Waals surface area contributed by atoms with Gasteiger partial charge in [0.25, 0.3) is 7.28 Å². The molecule has 0 aromatic heterocycles. The predicted octanol–water partition coefficient (Wildman–Crippen LogP) is 0.720. The largest absolute Gasteiger partial charge is 0.513 e. The van der Waals surface area contributed by atoms with Crippen molar-refractivity contribution in [3.63, 3.8) is 0 Å². The Hall–Kier alpha value is -1.05. The predicted molar refractivity (Wildman–Crippen MR) is 54.2 cm³/mol. The van der Waals surface area contributed by atoms with E-state index < -0.39 is 17.8 Å². The monoisotopic (exact) mass is 229 g/mol. The standard InChI is InChI=1S/C9H14BO6/c1-5(2)15-16-7(11)10-9(4)6(3)13-8(12)14-9/h5,7,11H,3H2,1-2,4H3. The minimum atomic E-state index is -1.35. The van der Waals surface area contributed by atoms with Gasteiger partial charge in [-0.25, -0.2) is 14.6 Å². The summed E-state index contributed by atoms with van der Waals surface area (Å²) >= 11 is 0. The first-order valence-electron chi connectivity index (χ1n) is 4.80. The molecule has 1 fully saturated rings. The second-order valence-corrected chi connectivity index (χ2v) is 3.78. The van der Waals surface area contributed by atoms with Gasteiger partial charge in [0, 0.05) is 0 Å². The molecule has 16 heavy (non-hydrogen) atoms. The summed E-state index contributed by atoms with van der Waals surface area (Å²) in [5.41, 5.74) is -1.21. The summed E-state index contributed by atoms with van der Waals surface area (Å²) in [5.74, 6) is 0.0877.